The Balaban J connectivity index is 2.81. The summed E-state index contributed by atoms with van der Waals surface area (Å²) in [5, 5.41) is 2.40. The number of nitrogens with zero attached hydrogens (tertiary/aromatic N) is 1. The van der Waals surface area contributed by atoms with Gasteiger partial charge >= 0.3 is 0 Å². The Labute approximate surface area is 83.8 Å². The van der Waals surface area contributed by atoms with E-state index < -0.39 is 0 Å². The van der Waals surface area contributed by atoms with E-state index in [1.165, 1.54) is 16.3 Å². The van der Waals surface area contributed by atoms with Crippen molar-refractivity contribution in [2.24, 2.45) is 5.73 Å². The Hall–Kier alpha value is -1.41. The average Bonchev–Trinajstić information content (AvgIpc) is 2.17. The second kappa shape index (κ2) is 3.39. The van der Waals surface area contributed by atoms with Crippen LogP contribution in [0, 0.1) is 13.8 Å². The monoisotopic (exact) mass is 186 g/mol. The fourth-order valence-electron chi connectivity index (χ4n) is 1.73. The van der Waals surface area contributed by atoms with E-state index >= 15 is 0 Å². The summed E-state index contributed by atoms with van der Waals surface area (Å²) in [6.45, 7) is 4.58. The number of hydrogen-bond acceptors (Lipinski definition) is 2. The first kappa shape index (κ1) is 9.16. The number of hydrogen-bond donors (Lipinski definition) is 1. The lowest BCUT2D eigenvalue weighted by Gasteiger charge is -2.06. The molecule has 0 amide bonds. The molecule has 1 aromatic heterocycles. The number of aromatic nitrogens is 1. The van der Waals surface area contributed by atoms with Gasteiger partial charge in [0.15, 0.2) is 0 Å². The summed E-state index contributed by atoms with van der Waals surface area (Å²) < 4.78 is 0. The molecule has 0 unspecified atom stereocenters. The zero-order valence-corrected chi connectivity index (χ0v) is 8.54. The molecule has 0 fully saturated rings. The van der Waals surface area contributed by atoms with Gasteiger partial charge in [0.1, 0.15) is 0 Å². The van der Waals surface area contributed by atoms with Crippen molar-refractivity contribution in [1.82, 2.24) is 4.98 Å². The smallest absolute Gasteiger partial charge is 0.0620 e. The van der Waals surface area contributed by atoms with E-state index in [4.69, 9.17) is 5.73 Å². The van der Waals surface area contributed by atoms with Crippen LogP contribution in [0.5, 0.6) is 0 Å². The summed E-state index contributed by atoms with van der Waals surface area (Å²) in [6.07, 6.45) is 0. The SMILES string of the molecule is Cc1ccc2cc(C)nc(CN)c2c1. The van der Waals surface area contributed by atoms with E-state index in [-0.39, 0.29) is 0 Å². The molecular weight excluding hydrogens is 172 g/mol. The second-order valence-corrected chi connectivity index (χ2v) is 3.64. The van der Waals surface area contributed by atoms with Crippen LogP contribution < -0.4 is 5.73 Å². The summed E-state index contributed by atoms with van der Waals surface area (Å²) >= 11 is 0. The van der Waals surface area contributed by atoms with Gasteiger partial charge in [-0.2, -0.15) is 0 Å². The molecule has 0 saturated carbocycles. The van der Waals surface area contributed by atoms with Crippen molar-refractivity contribution < 1.29 is 0 Å². The summed E-state index contributed by atoms with van der Waals surface area (Å²) in [4.78, 5) is 4.44. The molecule has 0 spiro atoms. The number of pyridine rings is 1. The summed E-state index contributed by atoms with van der Waals surface area (Å²) in [5.74, 6) is 0. The normalized spacial score (nSPS) is 10.8. The highest BCUT2D eigenvalue weighted by molar-refractivity contribution is 5.85. The highest BCUT2D eigenvalue weighted by Crippen LogP contribution is 2.19. The highest BCUT2D eigenvalue weighted by atomic mass is 14.7. The van der Waals surface area contributed by atoms with Crippen LogP contribution in [0.2, 0.25) is 0 Å². The molecule has 0 aliphatic carbocycles. The first-order chi connectivity index (χ1) is 6.70. The fraction of sp³-hybridized carbons (Fsp3) is 0.250. The molecule has 0 atom stereocenters. The molecule has 72 valence electrons. The van der Waals surface area contributed by atoms with Crippen LogP contribution >= 0.6 is 0 Å². The van der Waals surface area contributed by atoms with Gasteiger partial charge in [-0.05, 0) is 31.4 Å². The minimum Gasteiger partial charge on any atom is -0.325 e. The molecule has 0 aliphatic rings. The first-order valence-corrected chi connectivity index (χ1v) is 4.77. The van der Waals surface area contributed by atoms with Gasteiger partial charge in [-0.25, -0.2) is 0 Å². The lowest BCUT2D eigenvalue weighted by Crippen LogP contribution is -2.01. The van der Waals surface area contributed by atoms with Crippen LogP contribution in [0.25, 0.3) is 10.8 Å². The number of rotatable bonds is 1. The minimum absolute atomic E-state index is 0.502. The van der Waals surface area contributed by atoms with Gasteiger partial charge in [-0.3, -0.25) is 4.98 Å². The molecular formula is C12H14N2. The van der Waals surface area contributed by atoms with Gasteiger partial charge in [0.2, 0.25) is 0 Å². The molecule has 2 N–H and O–H groups in total. The summed E-state index contributed by atoms with van der Waals surface area (Å²) in [6, 6.07) is 8.47. The van der Waals surface area contributed by atoms with Crippen LogP contribution in [0.1, 0.15) is 17.0 Å². The average molecular weight is 186 g/mol. The van der Waals surface area contributed by atoms with Crippen LogP contribution in [-0.4, -0.2) is 4.98 Å². The standard InChI is InChI=1S/C12H14N2/c1-8-3-4-10-6-9(2)14-12(7-13)11(10)5-8/h3-6H,7,13H2,1-2H3. The third kappa shape index (κ3) is 1.49. The van der Waals surface area contributed by atoms with Crippen molar-refractivity contribution in [1.29, 1.82) is 0 Å². The van der Waals surface area contributed by atoms with Crippen molar-refractivity contribution in [3.8, 4) is 0 Å². The van der Waals surface area contributed by atoms with Crippen LogP contribution in [-0.2, 0) is 6.54 Å². The molecule has 0 saturated heterocycles. The maximum atomic E-state index is 5.67. The van der Waals surface area contributed by atoms with Crippen molar-refractivity contribution in [2.45, 2.75) is 20.4 Å². The van der Waals surface area contributed by atoms with Crippen molar-refractivity contribution >= 4 is 10.8 Å². The lowest BCUT2D eigenvalue weighted by molar-refractivity contribution is 0.988. The largest absolute Gasteiger partial charge is 0.325 e. The molecule has 2 heteroatoms. The maximum Gasteiger partial charge on any atom is 0.0620 e. The minimum atomic E-state index is 0.502. The Morgan fingerprint density at radius 1 is 1.21 bits per heavy atom. The fourth-order valence-corrected chi connectivity index (χ4v) is 1.73. The van der Waals surface area contributed by atoms with Crippen molar-refractivity contribution in [3.05, 3.63) is 41.2 Å². The van der Waals surface area contributed by atoms with Crippen LogP contribution in [0.4, 0.5) is 0 Å². The molecule has 1 heterocycles. The topological polar surface area (TPSA) is 38.9 Å². The van der Waals surface area contributed by atoms with Gasteiger partial charge < -0.3 is 5.73 Å². The number of benzene rings is 1. The van der Waals surface area contributed by atoms with Crippen LogP contribution in [0.3, 0.4) is 0 Å². The lowest BCUT2D eigenvalue weighted by atomic mass is 10.1. The highest BCUT2D eigenvalue weighted by Gasteiger charge is 2.02. The van der Waals surface area contributed by atoms with E-state index in [9.17, 15) is 0 Å². The molecule has 2 rings (SSSR count). The van der Waals surface area contributed by atoms with Crippen LogP contribution in [0.15, 0.2) is 24.3 Å². The van der Waals surface area contributed by atoms with Gasteiger partial charge in [0.25, 0.3) is 0 Å². The molecule has 0 aliphatic heterocycles. The summed E-state index contributed by atoms with van der Waals surface area (Å²) in [5.41, 5.74) is 8.94. The third-order valence-corrected chi connectivity index (χ3v) is 2.39. The Bertz CT molecular complexity index is 475. The second-order valence-electron chi connectivity index (χ2n) is 3.64. The Morgan fingerprint density at radius 3 is 2.71 bits per heavy atom. The van der Waals surface area contributed by atoms with E-state index in [0.717, 1.165) is 11.4 Å². The zero-order valence-electron chi connectivity index (χ0n) is 8.54. The predicted molar refractivity (Wildman–Crippen MR) is 59.1 cm³/mol. The molecule has 0 radical (unpaired) electrons. The Kier molecular flexibility index (Phi) is 2.22. The first-order valence-electron chi connectivity index (χ1n) is 4.77. The summed E-state index contributed by atoms with van der Waals surface area (Å²) in [7, 11) is 0. The van der Waals surface area contributed by atoms with E-state index in [1.54, 1.807) is 0 Å². The molecule has 1 aromatic carbocycles. The van der Waals surface area contributed by atoms with E-state index in [1.807, 2.05) is 6.92 Å². The van der Waals surface area contributed by atoms with E-state index in [0.29, 0.717) is 6.54 Å². The van der Waals surface area contributed by atoms with Gasteiger partial charge in [0, 0.05) is 17.6 Å². The predicted octanol–water partition coefficient (Wildman–Crippen LogP) is 2.31. The van der Waals surface area contributed by atoms with E-state index in [2.05, 4.69) is 36.2 Å². The molecule has 2 aromatic rings. The van der Waals surface area contributed by atoms with Gasteiger partial charge in [0.05, 0.1) is 5.69 Å². The van der Waals surface area contributed by atoms with Crippen molar-refractivity contribution in [3.63, 3.8) is 0 Å². The molecule has 0 bridgehead atoms. The zero-order chi connectivity index (χ0) is 10.1. The van der Waals surface area contributed by atoms with Gasteiger partial charge in [-0.15, -0.1) is 0 Å². The molecule has 14 heavy (non-hydrogen) atoms. The Morgan fingerprint density at radius 2 is 2.00 bits per heavy atom. The molecule has 2 nitrogen and oxygen atoms in total. The third-order valence-electron chi connectivity index (χ3n) is 2.39. The number of aryl methyl sites for hydroxylation is 2. The quantitative estimate of drug-likeness (QED) is 0.742. The maximum absolute atomic E-state index is 5.67. The van der Waals surface area contributed by atoms with Crippen molar-refractivity contribution in [2.75, 3.05) is 0 Å². The number of nitrogens with two attached hydrogens (primary N) is 1. The number of fused-ring (bicyclic) bond motifs is 1. The van der Waals surface area contributed by atoms with Gasteiger partial charge in [-0.1, -0.05) is 17.7 Å².